The average Bonchev–Trinajstić information content (AvgIpc) is 3.27. The van der Waals surface area contributed by atoms with Gasteiger partial charge >= 0.3 is 6.03 Å². The number of benzene rings is 1. The summed E-state index contributed by atoms with van der Waals surface area (Å²) in [6, 6.07) is 12.5. The molecule has 2 amide bonds. The van der Waals surface area contributed by atoms with Crippen LogP contribution in [0.5, 0.6) is 0 Å². The summed E-state index contributed by atoms with van der Waals surface area (Å²) in [5.41, 5.74) is 4.79. The van der Waals surface area contributed by atoms with Crippen molar-refractivity contribution in [2.45, 2.75) is 32.2 Å². The first-order chi connectivity index (χ1) is 12.7. The number of fused-ring (bicyclic) bond motifs is 1. The van der Waals surface area contributed by atoms with Crippen LogP contribution < -0.4 is 5.32 Å². The zero-order valence-electron chi connectivity index (χ0n) is 15.0. The number of para-hydroxylation sites is 1. The Morgan fingerprint density at radius 3 is 2.92 bits per heavy atom. The molecule has 0 spiro atoms. The third-order valence-corrected chi connectivity index (χ3v) is 5.28. The lowest BCUT2D eigenvalue weighted by atomic mass is 10.1. The number of carbonyl (C=O) groups is 1. The van der Waals surface area contributed by atoms with Crippen molar-refractivity contribution in [3.63, 3.8) is 0 Å². The molecule has 1 aliphatic heterocycles. The highest BCUT2D eigenvalue weighted by molar-refractivity contribution is 5.84. The van der Waals surface area contributed by atoms with Crippen molar-refractivity contribution in [2.75, 3.05) is 13.1 Å². The first kappa shape index (κ1) is 16.6. The zero-order chi connectivity index (χ0) is 17.9. The summed E-state index contributed by atoms with van der Waals surface area (Å²) < 4.78 is 0. The SMILES string of the molecule is Cc1[nH]c2ccccc2c1CCNC(=O)N1CCCC1c1ccncc1. The van der Waals surface area contributed by atoms with Crippen LogP contribution in [0.3, 0.4) is 0 Å². The number of likely N-dealkylation sites (tertiary alicyclic amines) is 1. The van der Waals surface area contributed by atoms with E-state index in [-0.39, 0.29) is 12.1 Å². The standard InChI is InChI=1S/C21H24N4O/c1-15-17(18-5-2-3-6-19(18)24-15)10-13-23-21(26)25-14-4-7-20(25)16-8-11-22-12-9-16/h2-3,5-6,8-9,11-12,20,24H,4,7,10,13-14H2,1H3,(H,23,26). The van der Waals surface area contributed by atoms with Crippen LogP contribution in [0.25, 0.3) is 10.9 Å². The van der Waals surface area contributed by atoms with Gasteiger partial charge in [0.05, 0.1) is 6.04 Å². The zero-order valence-corrected chi connectivity index (χ0v) is 15.0. The van der Waals surface area contributed by atoms with Crippen LogP contribution in [-0.4, -0.2) is 34.0 Å². The van der Waals surface area contributed by atoms with Gasteiger partial charge < -0.3 is 15.2 Å². The summed E-state index contributed by atoms with van der Waals surface area (Å²) in [6.45, 7) is 3.54. The summed E-state index contributed by atoms with van der Waals surface area (Å²) in [6.07, 6.45) is 6.48. The molecule has 26 heavy (non-hydrogen) atoms. The van der Waals surface area contributed by atoms with Gasteiger partial charge in [-0.3, -0.25) is 4.98 Å². The minimum Gasteiger partial charge on any atom is -0.358 e. The number of aromatic nitrogens is 2. The number of hydrogen-bond donors (Lipinski definition) is 2. The average molecular weight is 348 g/mol. The number of H-pyrrole nitrogens is 1. The van der Waals surface area contributed by atoms with Crippen molar-refractivity contribution in [1.82, 2.24) is 20.2 Å². The Morgan fingerprint density at radius 1 is 1.27 bits per heavy atom. The summed E-state index contributed by atoms with van der Waals surface area (Å²) in [5, 5.41) is 4.36. The number of carbonyl (C=O) groups excluding carboxylic acids is 1. The fourth-order valence-electron chi connectivity index (χ4n) is 3.99. The molecule has 1 aliphatic rings. The Kier molecular flexibility index (Phi) is 4.61. The van der Waals surface area contributed by atoms with E-state index in [0.29, 0.717) is 6.54 Å². The quantitative estimate of drug-likeness (QED) is 0.750. The molecule has 5 nitrogen and oxygen atoms in total. The van der Waals surface area contributed by atoms with Crippen molar-refractivity contribution in [3.05, 3.63) is 65.6 Å². The summed E-state index contributed by atoms with van der Waals surface area (Å²) in [4.78, 5) is 22.1. The van der Waals surface area contributed by atoms with E-state index in [0.717, 1.165) is 31.3 Å². The van der Waals surface area contributed by atoms with Crippen LogP contribution >= 0.6 is 0 Å². The number of aryl methyl sites for hydroxylation is 1. The molecule has 2 N–H and O–H groups in total. The molecular formula is C21H24N4O. The van der Waals surface area contributed by atoms with Crippen molar-refractivity contribution in [3.8, 4) is 0 Å². The van der Waals surface area contributed by atoms with E-state index in [1.807, 2.05) is 23.1 Å². The molecule has 1 atom stereocenters. The lowest BCUT2D eigenvalue weighted by Crippen LogP contribution is -2.40. The Morgan fingerprint density at radius 2 is 2.08 bits per heavy atom. The molecule has 0 aliphatic carbocycles. The third kappa shape index (κ3) is 3.17. The van der Waals surface area contributed by atoms with Gasteiger partial charge in [0, 0.05) is 42.1 Å². The molecule has 5 heteroatoms. The lowest BCUT2D eigenvalue weighted by Gasteiger charge is -2.25. The number of rotatable bonds is 4. The maximum atomic E-state index is 12.7. The van der Waals surface area contributed by atoms with Crippen LogP contribution in [0.2, 0.25) is 0 Å². The van der Waals surface area contributed by atoms with E-state index in [4.69, 9.17) is 0 Å². The molecular weight excluding hydrogens is 324 g/mol. The van der Waals surface area contributed by atoms with Crippen molar-refractivity contribution >= 4 is 16.9 Å². The van der Waals surface area contributed by atoms with Crippen LogP contribution in [0.4, 0.5) is 4.79 Å². The second-order valence-corrected chi connectivity index (χ2v) is 6.89. The minimum atomic E-state index is 0.0295. The molecule has 134 valence electrons. The topological polar surface area (TPSA) is 61.0 Å². The van der Waals surface area contributed by atoms with E-state index in [1.165, 1.54) is 22.2 Å². The fourth-order valence-corrected chi connectivity index (χ4v) is 3.99. The summed E-state index contributed by atoms with van der Waals surface area (Å²) in [5.74, 6) is 0. The summed E-state index contributed by atoms with van der Waals surface area (Å²) in [7, 11) is 0. The van der Waals surface area contributed by atoms with Crippen LogP contribution in [0, 0.1) is 6.92 Å². The van der Waals surface area contributed by atoms with Gasteiger partial charge in [0.15, 0.2) is 0 Å². The van der Waals surface area contributed by atoms with Crippen LogP contribution in [-0.2, 0) is 6.42 Å². The Hall–Kier alpha value is -2.82. The first-order valence-corrected chi connectivity index (χ1v) is 9.24. The molecule has 2 aromatic heterocycles. The Labute approximate surface area is 153 Å². The summed E-state index contributed by atoms with van der Waals surface area (Å²) >= 11 is 0. The fraction of sp³-hybridized carbons (Fsp3) is 0.333. The monoisotopic (exact) mass is 348 g/mol. The van der Waals surface area contributed by atoms with E-state index in [9.17, 15) is 4.79 Å². The number of urea groups is 1. The second-order valence-electron chi connectivity index (χ2n) is 6.89. The number of pyridine rings is 1. The molecule has 0 bridgehead atoms. The van der Waals surface area contributed by atoms with E-state index >= 15 is 0 Å². The Bertz CT molecular complexity index is 903. The van der Waals surface area contributed by atoms with Gasteiger partial charge in [-0.2, -0.15) is 0 Å². The van der Waals surface area contributed by atoms with Gasteiger partial charge in [-0.05, 0) is 55.5 Å². The van der Waals surface area contributed by atoms with Crippen LogP contribution in [0.15, 0.2) is 48.8 Å². The van der Waals surface area contributed by atoms with Crippen molar-refractivity contribution < 1.29 is 4.79 Å². The minimum absolute atomic E-state index is 0.0295. The van der Waals surface area contributed by atoms with Crippen LogP contribution in [0.1, 0.15) is 35.7 Å². The maximum Gasteiger partial charge on any atom is 0.317 e. The molecule has 3 heterocycles. The predicted octanol–water partition coefficient (Wildman–Crippen LogP) is 3.96. The Balaban J connectivity index is 1.40. The van der Waals surface area contributed by atoms with Crippen molar-refractivity contribution in [2.24, 2.45) is 0 Å². The molecule has 1 aromatic carbocycles. The molecule has 1 unspecified atom stereocenters. The number of amides is 2. The largest absolute Gasteiger partial charge is 0.358 e. The molecule has 0 saturated carbocycles. The highest BCUT2D eigenvalue weighted by atomic mass is 16.2. The van der Waals surface area contributed by atoms with Gasteiger partial charge in [-0.15, -0.1) is 0 Å². The molecule has 1 saturated heterocycles. The molecule has 0 radical (unpaired) electrons. The third-order valence-electron chi connectivity index (χ3n) is 5.28. The van der Waals surface area contributed by atoms with Gasteiger partial charge in [-0.1, -0.05) is 18.2 Å². The van der Waals surface area contributed by atoms with Crippen molar-refractivity contribution in [1.29, 1.82) is 0 Å². The predicted molar refractivity (Wildman–Crippen MR) is 103 cm³/mol. The number of nitrogens with zero attached hydrogens (tertiary/aromatic N) is 2. The normalized spacial score (nSPS) is 17.0. The number of aromatic amines is 1. The maximum absolute atomic E-state index is 12.7. The number of nitrogens with one attached hydrogen (secondary N) is 2. The smallest absolute Gasteiger partial charge is 0.317 e. The molecule has 4 rings (SSSR count). The lowest BCUT2D eigenvalue weighted by molar-refractivity contribution is 0.193. The number of hydrogen-bond acceptors (Lipinski definition) is 2. The highest BCUT2D eigenvalue weighted by Crippen LogP contribution is 2.31. The van der Waals surface area contributed by atoms with Gasteiger partial charge in [0.25, 0.3) is 0 Å². The van der Waals surface area contributed by atoms with Gasteiger partial charge in [0.2, 0.25) is 0 Å². The first-order valence-electron chi connectivity index (χ1n) is 9.24. The highest BCUT2D eigenvalue weighted by Gasteiger charge is 2.29. The van der Waals surface area contributed by atoms with Gasteiger partial charge in [0.1, 0.15) is 0 Å². The molecule has 3 aromatic rings. The molecule has 1 fully saturated rings. The van der Waals surface area contributed by atoms with E-state index < -0.39 is 0 Å². The van der Waals surface area contributed by atoms with E-state index in [1.54, 1.807) is 12.4 Å². The van der Waals surface area contributed by atoms with Gasteiger partial charge in [-0.25, -0.2) is 4.79 Å². The second kappa shape index (κ2) is 7.20. The van der Waals surface area contributed by atoms with E-state index in [2.05, 4.69) is 40.4 Å².